The van der Waals surface area contributed by atoms with Gasteiger partial charge < -0.3 is 14.5 Å². The SMILES string of the molecule is Cc1ccc(OC(c2ncco2)C2CCNC2)c(Cl)c1. The number of rotatable bonds is 4. The molecule has 106 valence electrons. The minimum absolute atomic E-state index is 0.208. The van der Waals surface area contributed by atoms with E-state index in [1.807, 2.05) is 25.1 Å². The Labute approximate surface area is 123 Å². The molecule has 3 rings (SSSR count). The molecule has 1 N–H and O–H groups in total. The summed E-state index contributed by atoms with van der Waals surface area (Å²) < 4.78 is 11.5. The van der Waals surface area contributed by atoms with Gasteiger partial charge in [0.2, 0.25) is 5.89 Å². The van der Waals surface area contributed by atoms with Crippen LogP contribution in [0.4, 0.5) is 0 Å². The number of benzene rings is 1. The lowest BCUT2D eigenvalue weighted by atomic mass is 10.0. The number of hydrogen-bond acceptors (Lipinski definition) is 4. The summed E-state index contributed by atoms with van der Waals surface area (Å²) in [6.07, 6.45) is 4.05. The van der Waals surface area contributed by atoms with Crippen LogP contribution in [0.2, 0.25) is 5.02 Å². The van der Waals surface area contributed by atoms with Crippen molar-refractivity contribution in [1.29, 1.82) is 0 Å². The molecule has 2 unspecified atom stereocenters. The molecule has 0 bridgehead atoms. The first-order valence-electron chi connectivity index (χ1n) is 6.77. The summed E-state index contributed by atoms with van der Waals surface area (Å²) in [6, 6.07) is 5.78. The predicted octanol–water partition coefficient (Wildman–Crippen LogP) is 3.37. The Morgan fingerprint density at radius 3 is 3.05 bits per heavy atom. The minimum atomic E-state index is -0.208. The Morgan fingerprint density at radius 2 is 2.40 bits per heavy atom. The van der Waals surface area contributed by atoms with Crippen LogP contribution in [0, 0.1) is 12.8 Å². The molecule has 0 radical (unpaired) electrons. The van der Waals surface area contributed by atoms with Gasteiger partial charge in [-0.15, -0.1) is 0 Å². The first-order valence-corrected chi connectivity index (χ1v) is 7.15. The number of aromatic nitrogens is 1. The van der Waals surface area contributed by atoms with Crippen LogP contribution in [0.5, 0.6) is 5.75 Å². The third-order valence-electron chi connectivity index (χ3n) is 3.56. The molecule has 0 aliphatic carbocycles. The molecule has 1 aromatic heterocycles. The van der Waals surface area contributed by atoms with Crippen LogP contribution in [0.25, 0.3) is 0 Å². The standard InChI is InChI=1S/C15H17ClN2O2/c1-10-2-3-13(12(16)8-10)20-14(11-4-5-17-9-11)15-18-6-7-19-15/h2-3,6-8,11,14,17H,4-5,9H2,1H3. The van der Waals surface area contributed by atoms with Gasteiger partial charge in [-0.3, -0.25) is 0 Å². The van der Waals surface area contributed by atoms with E-state index in [1.54, 1.807) is 12.5 Å². The number of hydrogen-bond donors (Lipinski definition) is 1. The molecule has 2 aromatic rings. The van der Waals surface area contributed by atoms with Crippen molar-refractivity contribution in [2.24, 2.45) is 5.92 Å². The van der Waals surface area contributed by atoms with Crippen molar-refractivity contribution in [2.45, 2.75) is 19.4 Å². The lowest BCUT2D eigenvalue weighted by molar-refractivity contribution is 0.114. The second kappa shape index (κ2) is 5.85. The van der Waals surface area contributed by atoms with Crippen LogP contribution in [0.1, 0.15) is 24.0 Å². The predicted molar refractivity (Wildman–Crippen MR) is 77.0 cm³/mol. The minimum Gasteiger partial charge on any atom is -0.479 e. The molecule has 2 heterocycles. The lowest BCUT2D eigenvalue weighted by Gasteiger charge is -2.22. The van der Waals surface area contributed by atoms with E-state index in [-0.39, 0.29) is 6.10 Å². The molecule has 1 saturated heterocycles. The van der Waals surface area contributed by atoms with Crippen LogP contribution in [-0.2, 0) is 0 Å². The van der Waals surface area contributed by atoms with Crippen molar-refractivity contribution in [3.63, 3.8) is 0 Å². The Hall–Kier alpha value is -1.52. The average Bonchev–Trinajstić information content (AvgIpc) is 3.11. The fourth-order valence-electron chi connectivity index (χ4n) is 2.50. The third kappa shape index (κ3) is 2.81. The Balaban J connectivity index is 1.86. The maximum Gasteiger partial charge on any atom is 0.235 e. The molecule has 1 aliphatic heterocycles. The molecule has 1 aromatic carbocycles. The van der Waals surface area contributed by atoms with Crippen molar-refractivity contribution >= 4 is 11.6 Å². The zero-order valence-electron chi connectivity index (χ0n) is 11.3. The summed E-state index contributed by atoms with van der Waals surface area (Å²) in [4.78, 5) is 4.24. The van der Waals surface area contributed by atoms with Gasteiger partial charge in [0.05, 0.1) is 11.2 Å². The summed E-state index contributed by atoms with van der Waals surface area (Å²) in [5, 5.41) is 3.96. The van der Waals surface area contributed by atoms with Gasteiger partial charge in [-0.25, -0.2) is 4.98 Å². The van der Waals surface area contributed by atoms with Crippen molar-refractivity contribution in [1.82, 2.24) is 10.3 Å². The number of ether oxygens (including phenoxy) is 1. The van der Waals surface area contributed by atoms with Crippen molar-refractivity contribution < 1.29 is 9.15 Å². The van der Waals surface area contributed by atoms with E-state index in [0.717, 1.165) is 25.1 Å². The Morgan fingerprint density at radius 1 is 1.50 bits per heavy atom. The van der Waals surface area contributed by atoms with Crippen LogP contribution in [-0.4, -0.2) is 18.1 Å². The van der Waals surface area contributed by atoms with E-state index >= 15 is 0 Å². The highest BCUT2D eigenvalue weighted by Gasteiger charge is 2.31. The smallest absolute Gasteiger partial charge is 0.235 e. The van der Waals surface area contributed by atoms with Crippen molar-refractivity contribution in [3.8, 4) is 5.75 Å². The highest BCUT2D eigenvalue weighted by atomic mass is 35.5. The van der Waals surface area contributed by atoms with Crippen LogP contribution >= 0.6 is 11.6 Å². The molecular formula is C15H17ClN2O2. The fraction of sp³-hybridized carbons (Fsp3) is 0.400. The molecule has 1 aliphatic rings. The number of aryl methyl sites for hydroxylation is 1. The normalized spacial score (nSPS) is 20.0. The molecule has 0 amide bonds. The van der Waals surface area contributed by atoms with Gasteiger partial charge in [-0.05, 0) is 37.6 Å². The van der Waals surface area contributed by atoms with E-state index in [4.69, 9.17) is 20.8 Å². The van der Waals surface area contributed by atoms with Gasteiger partial charge in [-0.2, -0.15) is 0 Å². The highest BCUT2D eigenvalue weighted by molar-refractivity contribution is 6.32. The average molecular weight is 293 g/mol. The molecule has 0 saturated carbocycles. The van der Waals surface area contributed by atoms with Gasteiger partial charge in [0, 0.05) is 12.5 Å². The Bertz CT molecular complexity index is 565. The van der Waals surface area contributed by atoms with Crippen LogP contribution in [0.15, 0.2) is 35.1 Å². The summed E-state index contributed by atoms with van der Waals surface area (Å²) in [6.45, 7) is 3.89. The Kier molecular flexibility index (Phi) is 3.94. The highest BCUT2D eigenvalue weighted by Crippen LogP contribution is 2.34. The van der Waals surface area contributed by atoms with Crippen molar-refractivity contribution in [2.75, 3.05) is 13.1 Å². The van der Waals surface area contributed by atoms with E-state index in [9.17, 15) is 0 Å². The molecule has 2 atom stereocenters. The fourth-order valence-corrected chi connectivity index (χ4v) is 2.78. The monoisotopic (exact) mass is 292 g/mol. The first-order chi connectivity index (χ1) is 9.74. The molecule has 0 spiro atoms. The molecule has 20 heavy (non-hydrogen) atoms. The summed E-state index contributed by atoms with van der Waals surface area (Å²) in [5.74, 6) is 1.62. The third-order valence-corrected chi connectivity index (χ3v) is 3.86. The molecule has 5 heteroatoms. The van der Waals surface area contributed by atoms with Crippen LogP contribution in [0.3, 0.4) is 0 Å². The van der Waals surface area contributed by atoms with E-state index in [0.29, 0.717) is 22.6 Å². The van der Waals surface area contributed by atoms with Gasteiger partial charge in [0.1, 0.15) is 12.0 Å². The quantitative estimate of drug-likeness (QED) is 0.938. The van der Waals surface area contributed by atoms with Crippen molar-refractivity contribution in [3.05, 3.63) is 47.1 Å². The summed E-state index contributed by atoms with van der Waals surface area (Å²) >= 11 is 6.25. The molecular weight excluding hydrogens is 276 g/mol. The van der Waals surface area contributed by atoms with Gasteiger partial charge in [-0.1, -0.05) is 17.7 Å². The van der Waals surface area contributed by atoms with E-state index in [2.05, 4.69) is 10.3 Å². The number of nitrogens with one attached hydrogen (secondary N) is 1. The first kappa shape index (κ1) is 13.5. The van der Waals surface area contributed by atoms with Crippen LogP contribution < -0.4 is 10.1 Å². The lowest BCUT2D eigenvalue weighted by Crippen LogP contribution is -2.21. The largest absolute Gasteiger partial charge is 0.479 e. The second-order valence-electron chi connectivity index (χ2n) is 5.10. The second-order valence-corrected chi connectivity index (χ2v) is 5.50. The maximum absolute atomic E-state index is 6.25. The number of halogens is 1. The van der Waals surface area contributed by atoms with Gasteiger partial charge >= 0.3 is 0 Å². The topological polar surface area (TPSA) is 47.3 Å². The summed E-state index contributed by atoms with van der Waals surface area (Å²) in [7, 11) is 0. The van der Waals surface area contributed by atoms with Gasteiger partial charge in [0.25, 0.3) is 0 Å². The summed E-state index contributed by atoms with van der Waals surface area (Å²) in [5.41, 5.74) is 1.11. The zero-order chi connectivity index (χ0) is 13.9. The maximum atomic E-state index is 6.25. The molecule has 4 nitrogen and oxygen atoms in total. The zero-order valence-corrected chi connectivity index (χ0v) is 12.1. The van der Waals surface area contributed by atoms with E-state index < -0.39 is 0 Å². The number of oxazole rings is 1. The van der Waals surface area contributed by atoms with E-state index in [1.165, 1.54) is 0 Å². The molecule has 1 fully saturated rings. The number of nitrogens with zero attached hydrogens (tertiary/aromatic N) is 1. The van der Waals surface area contributed by atoms with Gasteiger partial charge in [0.15, 0.2) is 6.10 Å².